The lowest BCUT2D eigenvalue weighted by molar-refractivity contribution is 0.0129. The van der Waals surface area contributed by atoms with Gasteiger partial charge in [-0.05, 0) is 35.2 Å². The number of halogens is 1. The first-order chi connectivity index (χ1) is 7.59. The molecule has 4 heteroatoms. The fourth-order valence-electron chi connectivity index (χ4n) is 2.08. The normalized spacial score (nSPS) is 15.1. The molecule has 0 aromatic carbocycles. The number of aromatic nitrogens is 2. The van der Waals surface area contributed by atoms with Crippen LogP contribution in [0.15, 0.2) is 10.7 Å². The smallest absolute Gasteiger partial charge is 0.107 e. The van der Waals surface area contributed by atoms with Crippen LogP contribution in [-0.4, -0.2) is 14.9 Å². The molecular weight excluding hydrogens is 268 g/mol. The van der Waals surface area contributed by atoms with E-state index in [9.17, 15) is 5.11 Å². The predicted molar refractivity (Wildman–Crippen MR) is 69.3 cm³/mol. The van der Waals surface area contributed by atoms with E-state index in [0.717, 1.165) is 42.4 Å². The second kappa shape index (κ2) is 5.82. The van der Waals surface area contributed by atoms with Crippen LogP contribution in [0.4, 0.5) is 0 Å². The van der Waals surface area contributed by atoms with Crippen molar-refractivity contribution in [2.75, 3.05) is 0 Å². The molecule has 0 aliphatic heterocycles. The SMILES string of the molecule is CCCn1ncc(Br)c1C(O)(CC)CCC. The minimum absolute atomic E-state index is 0.717. The highest BCUT2D eigenvalue weighted by Gasteiger charge is 2.32. The molecule has 1 atom stereocenters. The average molecular weight is 289 g/mol. The largest absolute Gasteiger partial charge is 0.384 e. The number of aliphatic hydroxyl groups is 1. The number of aryl methyl sites for hydroxylation is 1. The summed E-state index contributed by atoms with van der Waals surface area (Å²) in [5, 5.41) is 15.0. The summed E-state index contributed by atoms with van der Waals surface area (Å²) in [6.07, 6.45) is 5.26. The average Bonchev–Trinajstić information content (AvgIpc) is 2.61. The van der Waals surface area contributed by atoms with Gasteiger partial charge in [0.1, 0.15) is 5.60 Å². The van der Waals surface area contributed by atoms with Gasteiger partial charge in [0.15, 0.2) is 0 Å². The van der Waals surface area contributed by atoms with Crippen molar-refractivity contribution >= 4 is 15.9 Å². The van der Waals surface area contributed by atoms with Crippen molar-refractivity contribution in [1.29, 1.82) is 0 Å². The Morgan fingerprint density at radius 2 is 2.06 bits per heavy atom. The number of hydrogen-bond donors (Lipinski definition) is 1. The first-order valence-corrected chi connectivity index (χ1v) is 6.82. The minimum Gasteiger partial charge on any atom is -0.384 e. The molecule has 0 bridgehead atoms. The van der Waals surface area contributed by atoms with E-state index in [1.54, 1.807) is 6.20 Å². The molecule has 0 saturated carbocycles. The molecule has 0 fully saturated rings. The zero-order chi connectivity index (χ0) is 12.2. The zero-order valence-electron chi connectivity index (χ0n) is 10.3. The van der Waals surface area contributed by atoms with E-state index in [1.807, 2.05) is 11.6 Å². The first-order valence-electron chi connectivity index (χ1n) is 6.03. The van der Waals surface area contributed by atoms with Crippen molar-refractivity contribution in [3.8, 4) is 0 Å². The van der Waals surface area contributed by atoms with Gasteiger partial charge in [-0.25, -0.2) is 0 Å². The molecule has 1 aromatic heterocycles. The van der Waals surface area contributed by atoms with Gasteiger partial charge in [0, 0.05) is 6.54 Å². The molecule has 1 N–H and O–H groups in total. The lowest BCUT2D eigenvalue weighted by atomic mass is 9.91. The molecule has 0 spiro atoms. The molecule has 0 aliphatic rings. The molecule has 0 amide bonds. The van der Waals surface area contributed by atoms with Gasteiger partial charge in [-0.2, -0.15) is 5.10 Å². The minimum atomic E-state index is -0.751. The van der Waals surface area contributed by atoms with Crippen LogP contribution in [0.3, 0.4) is 0 Å². The molecule has 0 radical (unpaired) electrons. The van der Waals surface area contributed by atoms with Crippen LogP contribution in [0.5, 0.6) is 0 Å². The Balaban J connectivity index is 3.11. The van der Waals surface area contributed by atoms with E-state index in [1.165, 1.54) is 0 Å². The monoisotopic (exact) mass is 288 g/mol. The first kappa shape index (κ1) is 13.7. The summed E-state index contributed by atoms with van der Waals surface area (Å²) < 4.78 is 2.84. The molecule has 1 unspecified atom stereocenters. The van der Waals surface area contributed by atoms with Gasteiger partial charge in [-0.1, -0.05) is 27.2 Å². The zero-order valence-corrected chi connectivity index (χ0v) is 11.9. The van der Waals surface area contributed by atoms with Crippen molar-refractivity contribution in [3.63, 3.8) is 0 Å². The quantitative estimate of drug-likeness (QED) is 0.871. The van der Waals surface area contributed by atoms with Crippen LogP contribution < -0.4 is 0 Å². The van der Waals surface area contributed by atoms with Gasteiger partial charge in [0.25, 0.3) is 0 Å². The highest BCUT2D eigenvalue weighted by Crippen LogP contribution is 2.34. The van der Waals surface area contributed by atoms with Crippen LogP contribution in [0, 0.1) is 0 Å². The highest BCUT2D eigenvalue weighted by atomic mass is 79.9. The van der Waals surface area contributed by atoms with Gasteiger partial charge in [0.05, 0.1) is 16.4 Å². The summed E-state index contributed by atoms with van der Waals surface area (Å²) in [4.78, 5) is 0. The van der Waals surface area contributed by atoms with Crippen molar-refractivity contribution in [3.05, 3.63) is 16.4 Å². The second-order valence-corrected chi connectivity index (χ2v) is 5.05. The van der Waals surface area contributed by atoms with Gasteiger partial charge < -0.3 is 5.11 Å². The van der Waals surface area contributed by atoms with E-state index in [-0.39, 0.29) is 0 Å². The summed E-state index contributed by atoms with van der Waals surface area (Å²) in [7, 11) is 0. The lowest BCUT2D eigenvalue weighted by Gasteiger charge is -2.28. The number of nitrogens with zero attached hydrogens (tertiary/aromatic N) is 2. The van der Waals surface area contributed by atoms with Crippen LogP contribution in [0.2, 0.25) is 0 Å². The summed E-state index contributed by atoms with van der Waals surface area (Å²) in [5.74, 6) is 0. The molecular formula is C12H21BrN2O. The maximum atomic E-state index is 10.7. The van der Waals surface area contributed by atoms with E-state index >= 15 is 0 Å². The summed E-state index contributed by atoms with van der Waals surface area (Å²) in [5.41, 5.74) is 0.179. The highest BCUT2D eigenvalue weighted by molar-refractivity contribution is 9.10. The maximum absolute atomic E-state index is 10.7. The van der Waals surface area contributed by atoms with Crippen LogP contribution in [-0.2, 0) is 12.1 Å². The van der Waals surface area contributed by atoms with E-state index < -0.39 is 5.60 Å². The van der Waals surface area contributed by atoms with E-state index in [0.29, 0.717) is 0 Å². The molecule has 3 nitrogen and oxygen atoms in total. The van der Waals surface area contributed by atoms with Crippen molar-refractivity contribution in [2.45, 2.75) is 58.6 Å². The van der Waals surface area contributed by atoms with Crippen LogP contribution in [0.25, 0.3) is 0 Å². The molecule has 1 aromatic rings. The fraction of sp³-hybridized carbons (Fsp3) is 0.750. The standard InChI is InChI=1S/C12H21BrN2O/c1-4-7-12(16,6-3)11-10(13)9-14-15(11)8-5-2/h9,16H,4-8H2,1-3H3. The van der Waals surface area contributed by atoms with Crippen molar-refractivity contribution in [2.24, 2.45) is 0 Å². The fourth-order valence-corrected chi connectivity index (χ4v) is 2.75. The van der Waals surface area contributed by atoms with E-state index in [2.05, 4.69) is 34.9 Å². The summed E-state index contributed by atoms with van der Waals surface area (Å²) in [6.45, 7) is 7.08. The Morgan fingerprint density at radius 3 is 2.56 bits per heavy atom. The third-order valence-corrected chi connectivity index (χ3v) is 3.50. The third-order valence-electron chi connectivity index (χ3n) is 2.92. The molecule has 16 heavy (non-hydrogen) atoms. The van der Waals surface area contributed by atoms with E-state index in [4.69, 9.17) is 0 Å². The number of hydrogen-bond acceptors (Lipinski definition) is 2. The topological polar surface area (TPSA) is 38.0 Å². The summed E-state index contributed by atoms with van der Waals surface area (Å²) >= 11 is 3.49. The van der Waals surface area contributed by atoms with Gasteiger partial charge in [0.2, 0.25) is 0 Å². The molecule has 1 heterocycles. The van der Waals surface area contributed by atoms with Crippen molar-refractivity contribution in [1.82, 2.24) is 9.78 Å². The summed E-state index contributed by atoms with van der Waals surface area (Å²) in [6, 6.07) is 0. The predicted octanol–water partition coefficient (Wildman–Crippen LogP) is 3.45. The van der Waals surface area contributed by atoms with Gasteiger partial charge in [-0.15, -0.1) is 0 Å². The Kier molecular flexibility index (Phi) is 4.99. The number of rotatable bonds is 6. The Morgan fingerprint density at radius 1 is 1.38 bits per heavy atom. The molecule has 0 saturated heterocycles. The molecule has 92 valence electrons. The van der Waals surface area contributed by atoms with Crippen LogP contribution in [0.1, 0.15) is 52.1 Å². The Labute approximate surface area is 106 Å². The van der Waals surface area contributed by atoms with Gasteiger partial charge >= 0.3 is 0 Å². The Bertz CT molecular complexity index is 338. The van der Waals surface area contributed by atoms with Gasteiger partial charge in [-0.3, -0.25) is 4.68 Å². The second-order valence-electron chi connectivity index (χ2n) is 4.20. The molecule has 0 aliphatic carbocycles. The molecule has 1 rings (SSSR count). The lowest BCUT2D eigenvalue weighted by Crippen LogP contribution is -2.28. The maximum Gasteiger partial charge on any atom is 0.107 e. The van der Waals surface area contributed by atoms with Crippen molar-refractivity contribution < 1.29 is 5.11 Å². The van der Waals surface area contributed by atoms with Crippen LogP contribution >= 0.6 is 15.9 Å². The Hall–Kier alpha value is -0.350. The third kappa shape index (κ3) is 2.66.